The molecule has 0 unspecified atom stereocenters. The van der Waals surface area contributed by atoms with E-state index in [0.29, 0.717) is 29.8 Å². The number of carbonyl (C=O) groups is 1. The van der Waals surface area contributed by atoms with E-state index in [1.807, 2.05) is 53.2 Å². The molecular weight excluding hydrogens is 430 g/mol. The quantitative estimate of drug-likeness (QED) is 0.436. The maximum Gasteiger partial charge on any atom is 0.249 e. The van der Waals surface area contributed by atoms with E-state index in [1.165, 1.54) is 12.8 Å². The van der Waals surface area contributed by atoms with Crippen molar-refractivity contribution in [2.45, 2.75) is 32.9 Å². The van der Waals surface area contributed by atoms with Gasteiger partial charge in [0.05, 0.1) is 19.2 Å². The summed E-state index contributed by atoms with van der Waals surface area (Å²) >= 11 is 0. The molecule has 1 aliphatic rings. The second-order valence-corrected chi connectivity index (χ2v) is 8.93. The molecular formula is C26H29N5O3. The molecule has 34 heavy (non-hydrogen) atoms. The van der Waals surface area contributed by atoms with Crippen molar-refractivity contribution in [3.8, 4) is 17.2 Å². The van der Waals surface area contributed by atoms with Gasteiger partial charge in [-0.15, -0.1) is 10.2 Å². The second-order valence-electron chi connectivity index (χ2n) is 8.93. The zero-order valence-electron chi connectivity index (χ0n) is 19.5. The highest BCUT2D eigenvalue weighted by atomic mass is 16.5. The zero-order valence-corrected chi connectivity index (χ0v) is 19.5. The summed E-state index contributed by atoms with van der Waals surface area (Å²) in [5, 5.41) is 12.5. The van der Waals surface area contributed by atoms with Crippen molar-refractivity contribution in [2.24, 2.45) is 5.92 Å². The first kappa shape index (κ1) is 22.2. The number of anilines is 1. The number of fused-ring (bicyclic) bond motifs is 1. The normalized spacial score (nSPS) is 15.0. The molecule has 0 saturated carbocycles. The topological polar surface area (TPSA) is 85.4 Å². The smallest absolute Gasteiger partial charge is 0.249 e. The summed E-state index contributed by atoms with van der Waals surface area (Å²) in [6, 6.07) is 15.2. The molecule has 4 aromatic rings. The van der Waals surface area contributed by atoms with Crippen molar-refractivity contribution in [3.05, 3.63) is 60.6 Å². The lowest BCUT2D eigenvalue weighted by atomic mass is 9.99. The van der Waals surface area contributed by atoms with Gasteiger partial charge < -0.3 is 19.0 Å². The van der Waals surface area contributed by atoms with Crippen LogP contribution in [0.3, 0.4) is 0 Å². The second kappa shape index (κ2) is 9.69. The van der Waals surface area contributed by atoms with Crippen LogP contribution in [0.1, 0.15) is 25.7 Å². The van der Waals surface area contributed by atoms with Gasteiger partial charge in [0.15, 0.2) is 0 Å². The number of rotatable bonds is 7. The molecule has 8 nitrogen and oxygen atoms in total. The Kier molecular flexibility index (Phi) is 6.31. The van der Waals surface area contributed by atoms with Crippen molar-refractivity contribution in [1.82, 2.24) is 19.7 Å². The van der Waals surface area contributed by atoms with E-state index in [0.717, 1.165) is 35.5 Å². The minimum Gasteiger partial charge on any atom is -0.497 e. The molecule has 0 radical (unpaired) electrons. The number of para-hydroxylation sites is 1. The minimum atomic E-state index is -0.133. The lowest BCUT2D eigenvalue weighted by Gasteiger charge is -2.28. The first-order chi connectivity index (χ1) is 16.6. The van der Waals surface area contributed by atoms with Crippen LogP contribution in [0.4, 0.5) is 5.69 Å². The van der Waals surface area contributed by atoms with Gasteiger partial charge in [-0.05, 0) is 50.0 Å². The number of likely N-dealkylation sites (tertiary alicyclic amines) is 1. The highest BCUT2D eigenvalue weighted by Gasteiger charge is 2.20. The Morgan fingerprint density at radius 1 is 1.15 bits per heavy atom. The molecule has 176 valence electrons. The fraction of sp³-hybridized carbons (Fsp3) is 0.346. The number of benzene rings is 2. The molecule has 0 aliphatic carbocycles. The van der Waals surface area contributed by atoms with Crippen LogP contribution in [-0.2, 0) is 17.9 Å². The molecule has 0 atom stereocenters. The van der Waals surface area contributed by atoms with Gasteiger partial charge in [-0.2, -0.15) is 0 Å². The summed E-state index contributed by atoms with van der Waals surface area (Å²) in [5.41, 5.74) is 2.45. The van der Waals surface area contributed by atoms with Crippen molar-refractivity contribution < 1.29 is 13.9 Å². The van der Waals surface area contributed by atoms with Crippen molar-refractivity contribution in [1.29, 1.82) is 0 Å². The molecule has 1 N–H and O–H groups in total. The molecule has 5 rings (SSSR count). The Balaban J connectivity index is 1.34. The van der Waals surface area contributed by atoms with Crippen LogP contribution in [0.5, 0.6) is 5.75 Å². The average molecular weight is 460 g/mol. The Morgan fingerprint density at radius 3 is 2.79 bits per heavy atom. The number of hydrogen-bond donors (Lipinski definition) is 1. The monoisotopic (exact) mass is 459 g/mol. The fourth-order valence-electron chi connectivity index (χ4n) is 4.44. The fourth-order valence-corrected chi connectivity index (χ4v) is 4.44. The summed E-state index contributed by atoms with van der Waals surface area (Å²) in [7, 11) is 1.60. The first-order valence-corrected chi connectivity index (χ1v) is 11.7. The van der Waals surface area contributed by atoms with E-state index in [9.17, 15) is 4.79 Å². The van der Waals surface area contributed by atoms with Gasteiger partial charge in [-0.1, -0.05) is 31.2 Å². The number of nitrogens with one attached hydrogen (secondary N) is 1. The number of hydrogen-bond acceptors (Lipinski definition) is 6. The van der Waals surface area contributed by atoms with Gasteiger partial charge in [-0.25, -0.2) is 0 Å². The zero-order chi connectivity index (χ0) is 23.5. The highest BCUT2D eigenvalue weighted by molar-refractivity contribution is 5.96. The lowest BCUT2D eigenvalue weighted by Crippen LogP contribution is -2.32. The Morgan fingerprint density at radius 2 is 1.97 bits per heavy atom. The number of piperidine rings is 1. The minimum absolute atomic E-state index is 0.133. The summed E-state index contributed by atoms with van der Waals surface area (Å²) in [5.74, 6) is 2.44. The SMILES string of the molecule is COc1cccc(NC(=O)Cn2cc(-c3nnc(CN4CCC(C)CC4)o3)c3ccccc32)c1. The summed E-state index contributed by atoms with van der Waals surface area (Å²) in [6.07, 6.45) is 4.31. The van der Waals surface area contributed by atoms with Gasteiger partial charge in [-0.3, -0.25) is 9.69 Å². The van der Waals surface area contributed by atoms with Crippen LogP contribution in [0, 0.1) is 5.92 Å². The third kappa shape index (κ3) is 4.82. The Hall–Kier alpha value is -3.65. The summed E-state index contributed by atoms with van der Waals surface area (Å²) < 4.78 is 13.2. The van der Waals surface area contributed by atoms with E-state index < -0.39 is 0 Å². The predicted octanol–water partition coefficient (Wildman–Crippen LogP) is 4.57. The first-order valence-electron chi connectivity index (χ1n) is 11.7. The van der Waals surface area contributed by atoms with E-state index in [-0.39, 0.29) is 12.5 Å². The number of nitrogens with zero attached hydrogens (tertiary/aromatic N) is 4. The Labute approximate surface area is 198 Å². The van der Waals surface area contributed by atoms with Crippen LogP contribution < -0.4 is 10.1 Å². The standard InChI is InChI=1S/C26H29N5O3/c1-18-10-12-30(13-11-18)17-25-28-29-26(34-25)22-15-31(23-9-4-3-8-21(22)23)16-24(32)27-19-6-5-7-20(14-19)33-2/h3-9,14-15,18H,10-13,16-17H2,1-2H3,(H,27,32). The summed E-state index contributed by atoms with van der Waals surface area (Å²) in [6.45, 7) is 5.24. The average Bonchev–Trinajstić information content (AvgIpc) is 3.45. The molecule has 1 amide bonds. The molecule has 2 aromatic carbocycles. The molecule has 0 bridgehead atoms. The van der Waals surface area contributed by atoms with Crippen molar-refractivity contribution >= 4 is 22.5 Å². The Bertz CT molecular complexity index is 1290. The number of ether oxygens (including phenoxy) is 1. The van der Waals surface area contributed by atoms with Gasteiger partial charge >= 0.3 is 0 Å². The molecule has 3 heterocycles. The molecule has 1 aliphatic heterocycles. The maximum absolute atomic E-state index is 12.8. The van der Waals surface area contributed by atoms with Crippen LogP contribution in [-0.4, -0.2) is 45.8 Å². The number of methoxy groups -OCH3 is 1. The van der Waals surface area contributed by atoms with Gasteiger partial charge in [0.25, 0.3) is 0 Å². The molecule has 8 heteroatoms. The number of carbonyl (C=O) groups excluding carboxylic acids is 1. The molecule has 2 aromatic heterocycles. The van der Waals surface area contributed by atoms with Crippen LogP contribution >= 0.6 is 0 Å². The van der Waals surface area contributed by atoms with Crippen molar-refractivity contribution in [3.63, 3.8) is 0 Å². The number of amides is 1. The third-order valence-corrected chi connectivity index (χ3v) is 6.39. The summed E-state index contributed by atoms with van der Waals surface area (Å²) in [4.78, 5) is 15.2. The van der Waals surface area contributed by atoms with E-state index >= 15 is 0 Å². The van der Waals surface area contributed by atoms with Gasteiger partial charge in [0.2, 0.25) is 17.7 Å². The van der Waals surface area contributed by atoms with E-state index in [1.54, 1.807) is 13.2 Å². The largest absolute Gasteiger partial charge is 0.497 e. The van der Waals surface area contributed by atoms with Crippen molar-refractivity contribution in [2.75, 3.05) is 25.5 Å². The van der Waals surface area contributed by atoms with Gasteiger partial charge in [0.1, 0.15) is 12.3 Å². The van der Waals surface area contributed by atoms with E-state index in [4.69, 9.17) is 9.15 Å². The molecule has 1 fully saturated rings. The van der Waals surface area contributed by atoms with Gasteiger partial charge in [0, 0.05) is 28.9 Å². The lowest BCUT2D eigenvalue weighted by molar-refractivity contribution is -0.116. The third-order valence-electron chi connectivity index (χ3n) is 6.39. The molecule has 1 saturated heterocycles. The van der Waals surface area contributed by atoms with Crippen LogP contribution in [0.25, 0.3) is 22.4 Å². The van der Waals surface area contributed by atoms with Crippen LogP contribution in [0.2, 0.25) is 0 Å². The highest BCUT2D eigenvalue weighted by Crippen LogP contribution is 2.30. The molecule has 0 spiro atoms. The van der Waals surface area contributed by atoms with E-state index in [2.05, 4.69) is 27.3 Å². The predicted molar refractivity (Wildman–Crippen MR) is 131 cm³/mol. The maximum atomic E-state index is 12.8. The number of aromatic nitrogens is 3. The van der Waals surface area contributed by atoms with Crippen LogP contribution in [0.15, 0.2) is 59.1 Å².